The van der Waals surface area contributed by atoms with Gasteiger partial charge in [-0.15, -0.1) is 11.3 Å². The Morgan fingerprint density at radius 2 is 2.18 bits per heavy atom. The van der Waals surface area contributed by atoms with E-state index in [2.05, 4.69) is 17.3 Å². The van der Waals surface area contributed by atoms with Crippen LogP contribution < -0.4 is 5.32 Å². The molecule has 1 aromatic rings. The first kappa shape index (κ1) is 15.8. The van der Waals surface area contributed by atoms with Crippen LogP contribution in [0.25, 0.3) is 0 Å². The van der Waals surface area contributed by atoms with Crippen LogP contribution in [0.1, 0.15) is 28.9 Å². The maximum atomic E-state index is 12.7. The first-order valence-corrected chi connectivity index (χ1v) is 8.72. The molecule has 2 aliphatic heterocycles. The minimum atomic E-state index is -0.103. The third-order valence-electron chi connectivity index (χ3n) is 4.80. The lowest BCUT2D eigenvalue weighted by Crippen LogP contribution is -2.62. The third kappa shape index (κ3) is 3.00. The fourth-order valence-corrected chi connectivity index (χ4v) is 4.37. The monoisotopic (exact) mass is 341 g/mol. The minimum absolute atomic E-state index is 0.0490. The van der Waals surface area contributed by atoms with Crippen LogP contribution in [0.15, 0.2) is 12.1 Å². The summed E-state index contributed by atoms with van der Waals surface area (Å²) in [5, 5.41) is 2.93. The number of carbonyl (C=O) groups is 2. The van der Waals surface area contributed by atoms with Crippen molar-refractivity contribution >= 4 is 34.8 Å². The molecule has 1 unspecified atom stereocenters. The zero-order valence-corrected chi connectivity index (χ0v) is 14.2. The lowest BCUT2D eigenvalue weighted by atomic mass is 9.86. The number of halogens is 1. The Bertz CT molecular complexity index is 591. The van der Waals surface area contributed by atoms with Gasteiger partial charge in [0.2, 0.25) is 5.91 Å². The fraction of sp³-hybridized carbons (Fsp3) is 0.600. The van der Waals surface area contributed by atoms with Gasteiger partial charge < -0.3 is 10.2 Å². The van der Waals surface area contributed by atoms with E-state index in [1.807, 2.05) is 4.90 Å². The van der Waals surface area contributed by atoms with Crippen molar-refractivity contribution in [2.75, 3.05) is 33.2 Å². The van der Waals surface area contributed by atoms with Crippen molar-refractivity contribution in [2.24, 2.45) is 0 Å². The van der Waals surface area contributed by atoms with E-state index in [0.29, 0.717) is 35.3 Å². The second-order valence-electron chi connectivity index (χ2n) is 6.08. The summed E-state index contributed by atoms with van der Waals surface area (Å²) in [6, 6.07) is 3.55. The Morgan fingerprint density at radius 3 is 2.91 bits per heavy atom. The second kappa shape index (κ2) is 6.18. The normalized spacial score (nSPS) is 26.8. The summed E-state index contributed by atoms with van der Waals surface area (Å²) in [5.74, 6) is 0.159. The Labute approximate surface area is 139 Å². The molecule has 5 nitrogen and oxygen atoms in total. The highest BCUT2D eigenvalue weighted by atomic mass is 35.5. The molecule has 1 aromatic heterocycles. The maximum absolute atomic E-state index is 12.7. The van der Waals surface area contributed by atoms with Crippen molar-refractivity contribution in [2.45, 2.75) is 24.8 Å². The van der Waals surface area contributed by atoms with Gasteiger partial charge in [0.25, 0.3) is 5.91 Å². The number of piperazine rings is 1. The molecular weight excluding hydrogens is 322 g/mol. The van der Waals surface area contributed by atoms with E-state index in [9.17, 15) is 9.59 Å². The Kier molecular flexibility index (Phi) is 4.43. The summed E-state index contributed by atoms with van der Waals surface area (Å²) in [4.78, 5) is 29.2. The molecule has 7 heteroatoms. The molecule has 1 N–H and O–H groups in total. The number of nitrogens with zero attached hydrogens (tertiary/aromatic N) is 2. The van der Waals surface area contributed by atoms with Crippen LogP contribution in [0.4, 0.5) is 0 Å². The van der Waals surface area contributed by atoms with Crippen LogP contribution >= 0.6 is 22.9 Å². The SMILES string of the molecule is CN1CCN(C(=O)c2ccc(Cl)s2)CC12CCNC(=O)CC2. The van der Waals surface area contributed by atoms with E-state index in [1.165, 1.54) is 11.3 Å². The van der Waals surface area contributed by atoms with Crippen LogP contribution in [0.2, 0.25) is 4.34 Å². The van der Waals surface area contributed by atoms with Gasteiger partial charge in [-0.3, -0.25) is 14.5 Å². The van der Waals surface area contributed by atoms with Crippen LogP contribution in [-0.2, 0) is 4.79 Å². The van der Waals surface area contributed by atoms with E-state index < -0.39 is 0 Å². The number of hydrogen-bond donors (Lipinski definition) is 1. The van der Waals surface area contributed by atoms with Gasteiger partial charge in [0.1, 0.15) is 0 Å². The third-order valence-corrected chi connectivity index (χ3v) is 6.02. The summed E-state index contributed by atoms with van der Waals surface area (Å²) in [6.07, 6.45) is 2.20. The molecule has 3 rings (SSSR count). The summed E-state index contributed by atoms with van der Waals surface area (Å²) in [5.41, 5.74) is -0.103. The first-order valence-electron chi connectivity index (χ1n) is 7.53. The van der Waals surface area contributed by atoms with Gasteiger partial charge in [-0.05, 0) is 32.0 Å². The molecule has 2 fully saturated rings. The molecule has 22 heavy (non-hydrogen) atoms. The summed E-state index contributed by atoms with van der Waals surface area (Å²) >= 11 is 7.26. The highest BCUT2D eigenvalue weighted by Gasteiger charge is 2.42. The van der Waals surface area contributed by atoms with Crippen LogP contribution in [0.3, 0.4) is 0 Å². The predicted octanol–water partition coefficient (Wildman–Crippen LogP) is 1.83. The smallest absolute Gasteiger partial charge is 0.264 e. The number of amides is 2. The number of likely N-dealkylation sites (N-methyl/N-ethyl adjacent to an activating group) is 1. The van der Waals surface area contributed by atoms with E-state index >= 15 is 0 Å². The van der Waals surface area contributed by atoms with Crippen LogP contribution in [-0.4, -0.2) is 60.4 Å². The molecule has 2 aliphatic rings. The minimum Gasteiger partial charge on any atom is -0.356 e. The van der Waals surface area contributed by atoms with Crippen molar-refractivity contribution in [3.63, 3.8) is 0 Å². The summed E-state index contributed by atoms with van der Waals surface area (Å²) in [7, 11) is 2.10. The van der Waals surface area contributed by atoms with Crippen molar-refractivity contribution < 1.29 is 9.59 Å². The highest BCUT2D eigenvalue weighted by Crippen LogP contribution is 2.32. The Hall–Kier alpha value is -1.11. The van der Waals surface area contributed by atoms with Gasteiger partial charge in [0, 0.05) is 38.1 Å². The number of hydrogen-bond acceptors (Lipinski definition) is 4. The molecule has 0 saturated carbocycles. The van der Waals surface area contributed by atoms with E-state index in [-0.39, 0.29) is 17.4 Å². The number of thiophene rings is 1. The molecule has 0 aliphatic carbocycles. The number of carbonyl (C=O) groups excluding carboxylic acids is 2. The quantitative estimate of drug-likeness (QED) is 0.848. The maximum Gasteiger partial charge on any atom is 0.264 e. The van der Waals surface area contributed by atoms with Crippen molar-refractivity contribution in [3.05, 3.63) is 21.3 Å². The van der Waals surface area contributed by atoms with Crippen LogP contribution in [0, 0.1) is 0 Å². The molecule has 3 heterocycles. The molecule has 0 bridgehead atoms. The summed E-state index contributed by atoms with van der Waals surface area (Å²) < 4.78 is 0.636. The van der Waals surface area contributed by atoms with Gasteiger partial charge in [-0.2, -0.15) is 0 Å². The number of rotatable bonds is 1. The zero-order valence-electron chi connectivity index (χ0n) is 12.6. The zero-order chi connectivity index (χ0) is 15.7. The largest absolute Gasteiger partial charge is 0.356 e. The standard InChI is InChI=1S/C15H20ClN3O2S/c1-18-8-9-19(14(21)11-2-3-12(16)22-11)10-15(18)5-4-13(20)17-7-6-15/h2-3H,4-10H2,1H3,(H,17,20). The number of nitrogens with one attached hydrogen (secondary N) is 1. The van der Waals surface area contributed by atoms with E-state index in [1.54, 1.807) is 12.1 Å². The lowest BCUT2D eigenvalue weighted by molar-refractivity contribution is -0.121. The molecule has 120 valence electrons. The summed E-state index contributed by atoms with van der Waals surface area (Å²) in [6.45, 7) is 2.90. The highest BCUT2D eigenvalue weighted by molar-refractivity contribution is 7.17. The van der Waals surface area contributed by atoms with Crippen molar-refractivity contribution in [1.29, 1.82) is 0 Å². The molecule has 2 amide bonds. The van der Waals surface area contributed by atoms with Gasteiger partial charge in [-0.1, -0.05) is 11.6 Å². The van der Waals surface area contributed by atoms with Gasteiger partial charge >= 0.3 is 0 Å². The second-order valence-corrected chi connectivity index (χ2v) is 7.79. The molecule has 2 saturated heterocycles. The van der Waals surface area contributed by atoms with Gasteiger partial charge in [0.05, 0.1) is 9.21 Å². The fourth-order valence-electron chi connectivity index (χ4n) is 3.36. The average molecular weight is 342 g/mol. The molecule has 0 aromatic carbocycles. The van der Waals surface area contributed by atoms with Crippen LogP contribution in [0.5, 0.6) is 0 Å². The molecular formula is C15H20ClN3O2S. The van der Waals surface area contributed by atoms with E-state index in [4.69, 9.17) is 11.6 Å². The average Bonchev–Trinajstić information content (AvgIpc) is 2.84. The van der Waals surface area contributed by atoms with Gasteiger partial charge in [-0.25, -0.2) is 0 Å². The van der Waals surface area contributed by atoms with Gasteiger partial charge in [0.15, 0.2) is 0 Å². The molecule has 1 atom stereocenters. The lowest BCUT2D eigenvalue weighted by Gasteiger charge is -2.49. The Balaban J connectivity index is 1.78. The Morgan fingerprint density at radius 1 is 1.36 bits per heavy atom. The molecule has 0 radical (unpaired) electrons. The predicted molar refractivity (Wildman–Crippen MR) is 87.5 cm³/mol. The van der Waals surface area contributed by atoms with Crippen molar-refractivity contribution in [1.82, 2.24) is 15.1 Å². The molecule has 1 spiro atoms. The first-order chi connectivity index (χ1) is 10.5. The topological polar surface area (TPSA) is 52.6 Å². The van der Waals surface area contributed by atoms with E-state index in [0.717, 1.165) is 19.4 Å². The van der Waals surface area contributed by atoms with Crippen molar-refractivity contribution in [3.8, 4) is 0 Å².